The number of hydrogen-bond acceptors (Lipinski definition) is 6. The fraction of sp³-hybridized carbons (Fsp3) is 0.464. The lowest BCUT2D eigenvalue weighted by molar-refractivity contribution is 0.231. The fourth-order valence-corrected chi connectivity index (χ4v) is 4.68. The van der Waals surface area contributed by atoms with Crippen molar-refractivity contribution >= 4 is 22.7 Å². The van der Waals surface area contributed by atoms with Gasteiger partial charge in [0.05, 0.1) is 28.8 Å². The molecule has 35 heavy (non-hydrogen) atoms. The second-order valence-electron chi connectivity index (χ2n) is 9.62. The molecule has 1 saturated carbocycles. The van der Waals surface area contributed by atoms with Gasteiger partial charge in [-0.2, -0.15) is 20.4 Å². The van der Waals surface area contributed by atoms with Crippen LogP contribution >= 0.6 is 0 Å². The topological polar surface area (TPSA) is 87.5 Å². The molecule has 0 amide bonds. The van der Waals surface area contributed by atoms with Crippen LogP contribution in [0.2, 0.25) is 0 Å². The van der Waals surface area contributed by atoms with Crippen molar-refractivity contribution in [2.75, 3.05) is 0 Å². The minimum absolute atomic E-state index is 0.115. The van der Waals surface area contributed by atoms with E-state index in [1.165, 1.54) is 44.1 Å². The first-order valence-corrected chi connectivity index (χ1v) is 12.8. The molecule has 0 aliphatic heterocycles. The Bertz CT molecular complexity index is 1140. The largest absolute Gasteiger partial charge is 0.492 e. The van der Waals surface area contributed by atoms with Crippen LogP contribution in [-0.4, -0.2) is 14.9 Å². The fourth-order valence-electron chi connectivity index (χ4n) is 4.68. The van der Waals surface area contributed by atoms with Crippen LogP contribution in [0.4, 0.5) is 22.7 Å². The van der Waals surface area contributed by atoms with Crippen LogP contribution in [0.1, 0.15) is 75.6 Å². The Morgan fingerprint density at radius 2 is 1.34 bits per heavy atom. The van der Waals surface area contributed by atoms with Gasteiger partial charge >= 0.3 is 0 Å². The van der Waals surface area contributed by atoms with E-state index < -0.39 is 0 Å². The van der Waals surface area contributed by atoms with Crippen molar-refractivity contribution in [1.29, 1.82) is 0 Å². The molecule has 1 N–H and O–H groups in total. The zero-order valence-corrected chi connectivity index (χ0v) is 21.1. The molecule has 0 atom stereocenters. The number of hydrogen-bond donors (Lipinski definition) is 1. The standard InChI is InChI=1S/C28H36N6O/c1-4-5-6-7-22-10-18-26(19-11-22)34-28(35)27(21(3)33-34)32-31-25-16-14-24(15-17-25)30-29-23-12-8-20(2)9-13-23/h8-9,12-17,22,26,35H,4-7,10-11,18-19H2,1-3H3/b30-29+,32-31+. The first-order chi connectivity index (χ1) is 17.0. The molecule has 1 aliphatic carbocycles. The summed E-state index contributed by atoms with van der Waals surface area (Å²) < 4.78 is 1.76. The summed E-state index contributed by atoms with van der Waals surface area (Å²) in [5.41, 5.74) is 4.56. The molecule has 1 aliphatic rings. The molecule has 3 aromatic rings. The normalized spacial score (nSPS) is 18.6. The van der Waals surface area contributed by atoms with Crippen LogP contribution in [0.3, 0.4) is 0 Å². The lowest BCUT2D eigenvalue weighted by atomic mass is 9.83. The molecular formula is C28H36N6O. The second-order valence-corrected chi connectivity index (χ2v) is 9.62. The Morgan fingerprint density at radius 3 is 1.91 bits per heavy atom. The molecule has 4 rings (SSSR count). The predicted octanol–water partition coefficient (Wildman–Crippen LogP) is 9.35. The van der Waals surface area contributed by atoms with Gasteiger partial charge in [0.25, 0.3) is 0 Å². The number of unbranched alkanes of at least 4 members (excludes halogenated alkanes) is 2. The molecule has 0 radical (unpaired) electrons. The van der Waals surface area contributed by atoms with E-state index in [4.69, 9.17) is 0 Å². The van der Waals surface area contributed by atoms with Crippen molar-refractivity contribution in [2.24, 2.45) is 26.4 Å². The molecule has 1 heterocycles. The SMILES string of the molecule is CCCCCC1CCC(n2nc(C)c(/N=N/c3ccc(/N=N/c4ccc(C)cc4)cc3)c2O)CC1. The lowest BCUT2D eigenvalue weighted by Gasteiger charge is -2.28. The zero-order chi connectivity index (χ0) is 24.6. The number of azo groups is 2. The maximum atomic E-state index is 10.8. The number of benzene rings is 2. The highest BCUT2D eigenvalue weighted by Crippen LogP contribution is 2.40. The van der Waals surface area contributed by atoms with Crippen LogP contribution in [0.25, 0.3) is 0 Å². The summed E-state index contributed by atoms with van der Waals surface area (Å²) in [4.78, 5) is 0. The van der Waals surface area contributed by atoms with E-state index in [0.717, 1.165) is 30.1 Å². The third-order valence-electron chi connectivity index (χ3n) is 6.84. The third kappa shape index (κ3) is 6.62. The van der Waals surface area contributed by atoms with Crippen molar-refractivity contribution in [3.05, 3.63) is 59.8 Å². The Labute approximate surface area is 208 Å². The number of aromatic hydroxyl groups is 1. The Kier molecular flexibility index (Phi) is 8.40. The van der Waals surface area contributed by atoms with Crippen molar-refractivity contribution in [1.82, 2.24) is 9.78 Å². The molecule has 1 fully saturated rings. The summed E-state index contributed by atoms with van der Waals surface area (Å²) in [6, 6.07) is 15.5. The van der Waals surface area contributed by atoms with Gasteiger partial charge in [-0.25, -0.2) is 4.68 Å². The van der Waals surface area contributed by atoms with E-state index in [2.05, 4.69) is 32.5 Å². The average Bonchev–Trinajstić information content (AvgIpc) is 3.16. The molecule has 0 bridgehead atoms. The van der Waals surface area contributed by atoms with Gasteiger partial charge in [-0.05, 0) is 81.8 Å². The number of nitrogens with zero attached hydrogens (tertiary/aromatic N) is 6. The number of aromatic nitrogens is 2. The molecule has 0 saturated heterocycles. The third-order valence-corrected chi connectivity index (χ3v) is 6.84. The van der Waals surface area contributed by atoms with Crippen LogP contribution in [0, 0.1) is 19.8 Å². The summed E-state index contributed by atoms with van der Waals surface area (Å²) in [6.45, 7) is 6.17. The summed E-state index contributed by atoms with van der Waals surface area (Å²) in [5, 5.41) is 32.6. The van der Waals surface area contributed by atoms with Gasteiger partial charge in [0, 0.05) is 0 Å². The minimum atomic E-state index is 0.115. The van der Waals surface area contributed by atoms with Gasteiger partial charge in [0.1, 0.15) is 0 Å². The molecule has 0 unspecified atom stereocenters. The highest BCUT2D eigenvalue weighted by atomic mass is 16.3. The minimum Gasteiger partial charge on any atom is -0.492 e. The highest BCUT2D eigenvalue weighted by molar-refractivity contribution is 5.52. The van der Waals surface area contributed by atoms with Gasteiger partial charge in [0.15, 0.2) is 5.69 Å². The molecule has 2 aromatic carbocycles. The zero-order valence-electron chi connectivity index (χ0n) is 21.1. The van der Waals surface area contributed by atoms with Gasteiger partial charge in [-0.3, -0.25) is 0 Å². The van der Waals surface area contributed by atoms with E-state index in [1.807, 2.05) is 62.4 Å². The molecule has 0 spiro atoms. The smallest absolute Gasteiger partial charge is 0.238 e. The molecule has 184 valence electrons. The second kappa shape index (κ2) is 11.9. The van der Waals surface area contributed by atoms with Crippen LogP contribution in [0.5, 0.6) is 5.88 Å². The van der Waals surface area contributed by atoms with Gasteiger partial charge in [-0.15, -0.1) is 5.11 Å². The van der Waals surface area contributed by atoms with E-state index in [1.54, 1.807) is 4.68 Å². The molecular weight excluding hydrogens is 436 g/mol. The van der Waals surface area contributed by atoms with E-state index in [9.17, 15) is 5.11 Å². The first-order valence-electron chi connectivity index (χ1n) is 12.8. The van der Waals surface area contributed by atoms with Crippen molar-refractivity contribution < 1.29 is 5.11 Å². The van der Waals surface area contributed by atoms with E-state index in [0.29, 0.717) is 17.1 Å². The number of rotatable bonds is 9. The summed E-state index contributed by atoms with van der Waals surface area (Å²) >= 11 is 0. The highest BCUT2D eigenvalue weighted by Gasteiger charge is 2.26. The molecule has 7 nitrogen and oxygen atoms in total. The monoisotopic (exact) mass is 472 g/mol. The van der Waals surface area contributed by atoms with Crippen molar-refractivity contribution in [2.45, 2.75) is 78.2 Å². The van der Waals surface area contributed by atoms with Crippen LogP contribution < -0.4 is 0 Å². The van der Waals surface area contributed by atoms with Crippen molar-refractivity contribution in [3.63, 3.8) is 0 Å². The van der Waals surface area contributed by atoms with Gasteiger partial charge in [-0.1, -0.05) is 50.3 Å². The Hall–Kier alpha value is -3.35. The maximum absolute atomic E-state index is 10.8. The summed E-state index contributed by atoms with van der Waals surface area (Å²) in [6.07, 6.45) is 9.79. The van der Waals surface area contributed by atoms with E-state index >= 15 is 0 Å². The average molecular weight is 473 g/mol. The van der Waals surface area contributed by atoms with E-state index in [-0.39, 0.29) is 11.9 Å². The number of aryl methyl sites for hydroxylation is 2. The quantitative estimate of drug-likeness (QED) is 0.248. The summed E-state index contributed by atoms with van der Waals surface area (Å²) in [7, 11) is 0. The molecule has 7 heteroatoms. The van der Waals surface area contributed by atoms with Gasteiger partial charge < -0.3 is 5.11 Å². The Morgan fingerprint density at radius 1 is 0.800 bits per heavy atom. The molecule has 1 aromatic heterocycles. The summed E-state index contributed by atoms with van der Waals surface area (Å²) in [5.74, 6) is 0.930. The maximum Gasteiger partial charge on any atom is 0.238 e. The first kappa shape index (κ1) is 24.8. The van der Waals surface area contributed by atoms with Crippen LogP contribution in [-0.2, 0) is 0 Å². The van der Waals surface area contributed by atoms with Gasteiger partial charge in [0.2, 0.25) is 5.88 Å². The lowest BCUT2D eigenvalue weighted by Crippen LogP contribution is -2.19. The van der Waals surface area contributed by atoms with Crippen molar-refractivity contribution in [3.8, 4) is 5.88 Å². The predicted molar refractivity (Wildman–Crippen MR) is 140 cm³/mol. The Balaban J connectivity index is 1.36. The van der Waals surface area contributed by atoms with Crippen LogP contribution in [0.15, 0.2) is 69.0 Å².